The van der Waals surface area contributed by atoms with Gasteiger partial charge in [-0.05, 0) is 18.2 Å². The van der Waals surface area contributed by atoms with Crippen molar-refractivity contribution in [3.63, 3.8) is 0 Å². The average molecular weight is 366 g/mol. The van der Waals surface area contributed by atoms with Crippen LogP contribution < -0.4 is 0 Å². The van der Waals surface area contributed by atoms with E-state index in [-0.39, 0.29) is 5.91 Å². The van der Waals surface area contributed by atoms with Crippen LogP contribution in [0.15, 0.2) is 18.2 Å². The third kappa shape index (κ3) is 3.85. The molecule has 1 aromatic carbocycles. The maximum absolute atomic E-state index is 12.4. The number of hydrogen-bond acceptors (Lipinski definition) is 2. The van der Waals surface area contributed by atoms with Crippen LogP contribution in [0, 0.1) is 0 Å². The van der Waals surface area contributed by atoms with E-state index >= 15 is 0 Å². The standard InChI is InChI=1S/C13H15BrCl2N2O/c14-3-4-17-5-7-18(8-6-17)13(19)11-9-10(15)1-2-12(11)16/h1-2,9H,3-8H2. The van der Waals surface area contributed by atoms with Gasteiger partial charge in [0, 0.05) is 43.1 Å². The van der Waals surface area contributed by atoms with Crippen molar-refractivity contribution in [2.75, 3.05) is 38.1 Å². The van der Waals surface area contributed by atoms with Gasteiger partial charge in [-0.3, -0.25) is 9.69 Å². The Bertz CT molecular complexity index is 462. The van der Waals surface area contributed by atoms with Gasteiger partial charge in [0.25, 0.3) is 5.91 Å². The number of hydrogen-bond donors (Lipinski definition) is 0. The molecular weight excluding hydrogens is 351 g/mol. The van der Waals surface area contributed by atoms with E-state index in [1.54, 1.807) is 18.2 Å². The molecule has 104 valence electrons. The number of halogens is 3. The normalized spacial score (nSPS) is 16.7. The summed E-state index contributed by atoms with van der Waals surface area (Å²) >= 11 is 15.4. The highest BCUT2D eigenvalue weighted by atomic mass is 79.9. The van der Waals surface area contributed by atoms with Crippen LogP contribution in [0.4, 0.5) is 0 Å². The number of alkyl halides is 1. The summed E-state index contributed by atoms with van der Waals surface area (Å²) in [6.45, 7) is 4.27. The monoisotopic (exact) mass is 364 g/mol. The molecule has 19 heavy (non-hydrogen) atoms. The second kappa shape index (κ2) is 6.93. The summed E-state index contributed by atoms with van der Waals surface area (Å²) in [4.78, 5) is 16.6. The minimum Gasteiger partial charge on any atom is -0.336 e. The summed E-state index contributed by atoms with van der Waals surface area (Å²) in [5, 5.41) is 1.95. The SMILES string of the molecule is O=C(c1cc(Cl)ccc1Cl)N1CCN(CCBr)CC1. The van der Waals surface area contributed by atoms with Crippen molar-refractivity contribution in [2.45, 2.75) is 0 Å². The van der Waals surface area contributed by atoms with Crippen molar-refractivity contribution in [3.05, 3.63) is 33.8 Å². The zero-order valence-electron chi connectivity index (χ0n) is 10.4. The van der Waals surface area contributed by atoms with E-state index in [0.717, 1.165) is 38.1 Å². The van der Waals surface area contributed by atoms with Crippen LogP contribution in [0.2, 0.25) is 10.0 Å². The molecule has 1 aliphatic heterocycles. The van der Waals surface area contributed by atoms with Gasteiger partial charge in [-0.1, -0.05) is 39.1 Å². The fourth-order valence-electron chi connectivity index (χ4n) is 2.13. The molecule has 0 spiro atoms. The summed E-state index contributed by atoms with van der Waals surface area (Å²) in [7, 11) is 0. The van der Waals surface area contributed by atoms with E-state index in [9.17, 15) is 4.79 Å². The molecule has 3 nitrogen and oxygen atoms in total. The molecule has 1 heterocycles. The fourth-order valence-corrected chi connectivity index (χ4v) is 3.00. The molecule has 0 aliphatic carbocycles. The molecule has 1 aromatic rings. The van der Waals surface area contributed by atoms with E-state index in [1.165, 1.54) is 0 Å². The molecule has 2 rings (SSSR count). The number of rotatable bonds is 3. The first-order chi connectivity index (χ1) is 9.11. The maximum Gasteiger partial charge on any atom is 0.255 e. The predicted molar refractivity (Wildman–Crippen MR) is 82.6 cm³/mol. The van der Waals surface area contributed by atoms with Gasteiger partial charge in [0.15, 0.2) is 0 Å². The zero-order chi connectivity index (χ0) is 13.8. The van der Waals surface area contributed by atoms with Crippen LogP contribution in [0.3, 0.4) is 0 Å². The number of piperazine rings is 1. The van der Waals surface area contributed by atoms with Gasteiger partial charge in [-0.15, -0.1) is 0 Å². The summed E-state index contributed by atoms with van der Waals surface area (Å²) in [6, 6.07) is 4.99. The van der Waals surface area contributed by atoms with Crippen LogP contribution in [0.1, 0.15) is 10.4 Å². The van der Waals surface area contributed by atoms with E-state index in [0.29, 0.717) is 15.6 Å². The summed E-state index contributed by atoms with van der Waals surface area (Å²) in [5.74, 6) is -0.0361. The summed E-state index contributed by atoms with van der Waals surface area (Å²) in [6.07, 6.45) is 0. The number of carbonyl (C=O) groups excluding carboxylic acids is 1. The van der Waals surface area contributed by atoms with Crippen molar-refractivity contribution in [3.8, 4) is 0 Å². The van der Waals surface area contributed by atoms with Gasteiger partial charge in [-0.25, -0.2) is 0 Å². The van der Waals surface area contributed by atoms with E-state index in [4.69, 9.17) is 23.2 Å². The topological polar surface area (TPSA) is 23.6 Å². The molecule has 1 amide bonds. The Labute approximate surface area is 131 Å². The van der Waals surface area contributed by atoms with Crippen LogP contribution in [-0.4, -0.2) is 53.8 Å². The van der Waals surface area contributed by atoms with Crippen molar-refractivity contribution >= 4 is 45.0 Å². The number of nitrogens with zero attached hydrogens (tertiary/aromatic N) is 2. The molecule has 0 atom stereocenters. The first kappa shape index (κ1) is 15.1. The highest BCUT2D eigenvalue weighted by Gasteiger charge is 2.23. The zero-order valence-corrected chi connectivity index (χ0v) is 13.5. The molecule has 0 N–H and O–H groups in total. The Kier molecular flexibility index (Phi) is 5.51. The molecule has 1 aliphatic rings. The highest BCUT2D eigenvalue weighted by molar-refractivity contribution is 9.09. The first-order valence-corrected chi connectivity index (χ1v) is 8.02. The lowest BCUT2D eigenvalue weighted by Crippen LogP contribution is -2.49. The highest BCUT2D eigenvalue weighted by Crippen LogP contribution is 2.22. The van der Waals surface area contributed by atoms with Crippen molar-refractivity contribution < 1.29 is 4.79 Å². The Hall–Kier alpha value is -0.290. The minimum absolute atomic E-state index is 0.0361. The Morgan fingerprint density at radius 3 is 2.53 bits per heavy atom. The number of carbonyl (C=O) groups is 1. The Balaban J connectivity index is 2.03. The molecule has 1 saturated heterocycles. The van der Waals surface area contributed by atoms with Crippen molar-refractivity contribution in [1.82, 2.24) is 9.80 Å². The largest absolute Gasteiger partial charge is 0.336 e. The molecule has 0 unspecified atom stereocenters. The van der Waals surface area contributed by atoms with Gasteiger partial charge >= 0.3 is 0 Å². The molecule has 1 fully saturated rings. The Morgan fingerprint density at radius 2 is 1.89 bits per heavy atom. The molecule has 0 radical (unpaired) electrons. The van der Waals surface area contributed by atoms with Crippen molar-refractivity contribution in [2.24, 2.45) is 0 Å². The predicted octanol–water partition coefficient (Wildman–Crippen LogP) is 3.15. The van der Waals surface area contributed by atoms with Crippen LogP contribution >= 0.6 is 39.1 Å². The van der Waals surface area contributed by atoms with Gasteiger partial charge in [0.05, 0.1) is 10.6 Å². The van der Waals surface area contributed by atoms with E-state index < -0.39 is 0 Å². The lowest BCUT2D eigenvalue weighted by atomic mass is 10.2. The second-order valence-corrected chi connectivity index (χ2v) is 6.08. The van der Waals surface area contributed by atoms with Crippen LogP contribution in [-0.2, 0) is 0 Å². The molecule has 0 aromatic heterocycles. The third-order valence-electron chi connectivity index (χ3n) is 3.22. The van der Waals surface area contributed by atoms with Gasteiger partial charge < -0.3 is 4.90 Å². The van der Waals surface area contributed by atoms with Gasteiger partial charge in [-0.2, -0.15) is 0 Å². The van der Waals surface area contributed by atoms with Crippen LogP contribution in [0.5, 0.6) is 0 Å². The summed E-state index contributed by atoms with van der Waals surface area (Å²) < 4.78 is 0. The molecular formula is C13H15BrCl2N2O. The van der Waals surface area contributed by atoms with E-state index in [1.807, 2.05) is 4.90 Å². The van der Waals surface area contributed by atoms with Crippen LogP contribution in [0.25, 0.3) is 0 Å². The molecule has 0 bridgehead atoms. The second-order valence-electron chi connectivity index (χ2n) is 4.45. The number of amides is 1. The van der Waals surface area contributed by atoms with Gasteiger partial charge in [0.2, 0.25) is 0 Å². The van der Waals surface area contributed by atoms with Gasteiger partial charge in [0.1, 0.15) is 0 Å². The molecule has 6 heteroatoms. The van der Waals surface area contributed by atoms with E-state index in [2.05, 4.69) is 20.8 Å². The fraction of sp³-hybridized carbons (Fsp3) is 0.462. The Morgan fingerprint density at radius 1 is 1.21 bits per heavy atom. The molecule has 0 saturated carbocycles. The average Bonchev–Trinajstić information content (AvgIpc) is 2.42. The minimum atomic E-state index is -0.0361. The smallest absolute Gasteiger partial charge is 0.255 e. The quantitative estimate of drug-likeness (QED) is 0.768. The summed E-state index contributed by atoms with van der Waals surface area (Å²) in [5.41, 5.74) is 0.489. The number of benzene rings is 1. The first-order valence-electron chi connectivity index (χ1n) is 6.14. The third-order valence-corrected chi connectivity index (χ3v) is 4.14. The lowest BCUT2D eigenvalue weighted by Gasteiger charge is -2.34. The maximum atomic E-state index is 12.4. The lowest BCUT2D eigenvalue weighted by molar-refractivity contribution is 0.0645. The van der Waals surface area contributed by atoms with Crippen molar-refractivity contribution in [1.29, 1.82) is 0 Å².